The van der Waals surface area contributed by atoms with Gasteiger partial charge in [-0.3, -0.25) is 9.59 Å². The monoisotopic (exact) mass is 814 g/mol. The highest BCUT2D eigenvalue weighted by atomic mass is 19.1. The summed E-state index contributed by atoms with van der Waals surface area (Å²) in [7, 11) is 0. The number of halogens is 1. The summed E-state index contributed by atoms with van der Waals surface area (Å²) >= 11 is 0. The zero-order valence-electron chi connectivity index (χ0n) is 33.4. The van der Waals surface area contributed by atoms with Crippen molar-refractivity contribution < 1.29 is 66.6 Å². The van der Waals surface area contributed by atoms with Crippen molar-refractivity contribution >= 4 is 30.0 Å². The van der Waals surface area contributed by atoms with E-state index in [0.717, 1.165) is 6.92 Å². The van der Waals surface area contributed by atoms with Crippen molar-refractivity contribution in [1.29, 1.82) is 0 Å². The molecule has 0 aromatic heterocycles. The van der Waals surface area contributed by atoms with Crippen molar-refractivity contribution in [3.63, 3.8) is 0 Å². The maximum Gasteiger partial charge on any atom is 0.509 e. The molecule has 3 fully saturated rings. The van der Waals surface area contributed by atoms with E-state index in [2.05, 4.69) is 0 Å². The van der Waals surface area contributed by atoms with Crippen LogP contribution in [0.15, 0.2) is 102 Å². The van der Waals surface area contributed by atoms with Crippen LogP contribution in [0.25, 0.3) is 0 Å². The molecule has 1 saturated heterocycles. The standard InChI is InChI=1S/C45H47FO13/c1-26-31(56-40(50)53-23-28-15-9-6-10-16-28)22-45(52)38(58-39(49)30-19-13-8-14-20-30)36-43(5,32(46)21-33-44(36,25-55-33)59-27(2)47)37(48)35(34(26)42(45,3)4)57-41(51)54-24-29-17-11-7-12-18-29/h6-20,31-33,35-36,38,52H,21-25H2,1-5H3/t31-,32+,33+,35+,36-,38-,43+,44-,45+/m0/s1. The van der Waals surface area contributed by atoms with Crippen molar-refractivity contribution in [1.82, 2.24) is 0 Å². The van der Waals surface area contributed by atoms with Crippen LogP contribution in [-0.4, -0.2) is 83.5 Å². The van der Waals surface area contributed by atoms with Crippen molar-refractivity contribution in [2.75, 3.05) is 6.61 Å². The lowest BCUT2D eigenvalue weighted by Gasteiger charge is -2.67. The lowest BCUT2D eigenvalue weighted by Crippen LogP contribution is -2.81. The van der Waals surface area contributed by atoms with Crippen LogP contribution < -0.4 is 0 Å². The summed E-state index contributed by atoms with van der Waals surface area (Å²) in [6.45, 7) is 6.36. The fourth-order valence-electron chi connectivity index (χ4n) is 9.53. The Morgan fingerprint density at radius 3 is 1.88 bits per heavy atom. The fourth-order valence-corrected chi connectivity index (χ4v) is 9.53. The molecule has 1 heterocycles. The number of rotatable bonds is 9. The van der Waals surface area contributed by atoms with E-state index in [1.807, 2.05) is 0 Å². The van der Waals surface area contributed by atoms with Gasteiger partial charge >= 0.3 is 24.2 Å². The van der Waals surface area contributed by atoms with E-state index in [0.29, 0.717) is 11.1 Å². The summed E-state index contributed by atoms with van der Waals surface area (Å²) in [5.74, 6) is -4.37. The second kappa shape index (κ2) is 15.9. The molecule has 0 spiro atoms. The first kappa shape index (κ1) is 41.6. The maximum atomic E-state index is 17.3. The molecule has 9 atom stereocenters. The van der Waals surface area contributed by atoms with E-state index in [4.69, 9.17) is 33.2 Å². The summed E-state index contributed by atoms with van der Waals surface area (Å²) in [5, 5.41) is 13.6. The van der Waals surface area contributed by atoms with Gasteiger partial charge in [0.05, 0.1) is 23.5 Å². The summed E-state index contributed by atoms with van der Waals surface area (Å²) < 4.78 is 58.2. The number of esters is 2. The van der Waals surface area contributed by atoms with Crippen LogP contribution in [-0.2, 0) is 56.0 Å². The molecule has 0 radical (unpaired) electrons. The molecule has 1 aliphatic heterocycles. The van der Waals surface area contributed by atoms with Gasteiger partial charge in [-0.25, -0.2) is 18.8 Å². The zero-order chi connectivity index (χ0) is 42.3. The number of hydrogen-bond donors (Lipinski definition) is 1. The molecule has 3 aliphatic carbocycles. The normalized spacial score (nSPS) is 31.7. The van der Waals surface area contributed by atoms with Crippen molar-refractivity contribution in [3.05, 3.63) is 119 Å². The number of ether oxygens (including phenoxy) is 7. The smallest absolute Gasteiger partial charge is 0.455 e. The number of benzene rings is 3. The molecule has 312 valence electrons. The number of fused-ring (bicyclic) bond motifs is 5. The first-order chi connectivity index (χ1) is 28.0. The van der Waals surface area contributed by atoms with E-state index in [9.17, 15) is 24.3 Å². The van der Waals surface area contributed by atoms with Gasteiger partial charge in [0.2, 0.25) is 0 Å². The number of carbonyl (C=O) groups is 5. The maximum absolute atomic E-state index is 17.3. The summed E-state index contributed by atoms with van der Waals surface area (Å²) in [6, 6.07) is 25.4. The minimum atomic E-state index is -2.37. The van der Waals surface area contributed by atoms with Crippen molar-refractivity contribution in [2.24, 2.45) is 16.7 Å². The molecule has 0 unspecified atom stereocenters. The Labute approximate surface area is 340 Å². The molecule has 4 aliphatic rings. The van der Waals surface area contributed by atoms with Crippen LogP contribution in [0.2, 0.25) is 0 Å². The highest BCUT2D eigenvalue weighted by molar-refractivity contribution is 5.95. The predicted molar refractivity (Wildman–Crippen MR) is 205 cm³/mol. The van der Waals surface area contributed by atoms with E-state index in [1.54, 1.807) is 99.6 Å². The molecule has 3 aromatic rings. The molecule has 14 heteroatoms. The molecule has 2 bridgehead atoms. The molecule has 2 saturated carbocycles. The van der Waals surface area contributed by atoms with Crippen LogP contribution in [0.3, 0.4) is 0 Å². The lowest BCUT2D eigenvalue weighted by atomic mass is 9.45. The van der Waals surface area contributed by atoms with Gasteiger partial charge in [0.1, 0.15) is 43.3 Å². The minimum Gasteiger partial charge on any atom is -0.455 e. The Hall–Kier alpha value is -5.60. The number of ketones is 1. The summed E-state index contributed by atoms with van der Waals surface area (Å²) in [5.41, 5.74) is -6.63. The summed E-state index contributed by atoms with van der Waals surface area (Å²) in [4.78, 5) is 69.8. The van der Waals surface area contributed by atoms with Crippen LogP contribution in [0.5, 0.6) is 0 Å². The minimum absolute atomic E-state index is 0.0325. The van der Waals surface area contributed by atoms with E-state index in [1.165, 1.54) is 19.1 Å². The Morgan fingerprint density at radius 1 is 0.814 bits per heavy atom. The van der Waals surface area contributed by atoms with Crippen molar-refractivity contribution in [3.8, 4) is 0 Å². The third-order valence-corrected chi connectivity index (χ3v) is 12.7. The van der Waals surface area contributed by atoms with Gasteiger partial charge in [-0.15, -0.1) is 0 Å². The highest BCUT2D eigenvalue weighted by Crippen LogP contribution is 2.65. The van der Waals surface area contributed by atoms with Crippen LogP contribution in [0.1, 0.15) is 68.9 Å². The SMILES string of the molecule is CC(=O)O[C@@]12CO[C@@H]1C[C@@H](F)[C@@]1(C)C(=O)[C@H](OC(=O)OCc3ccccc3)C3=C(C)[C@@H](OC(=O)OCc4ccccc4)C[C@@](O)([C@@H](OC(=O)c4ccccc4)[C@H]21)C3(C)C. The molecule has 0 amide bonds. The first-order valence-electron chi connectivity index (χ1n) is 19.5. The van der Waals surface area contributed by atoms with Crippen LogP contribution >= 0.6 is 0 Å². The number of aliphatic hydroxyl groups is 1. The number of hydrogen-bond acceptors (Lipinski definition) is 13. The third kappa shape index (κ3) is 7.26. The lowest BCUT2D eigenvalue weighted by molar-refractivity contribution is -0.341. The van der Waals surface area contributed by atoms with Crippen LogP contribution in [0.4, 0.5) is 14.0 Å². The van der Waals surface area contributed by atoms with E-state index < -0.39 is 101 Å². The number of carbonyl (C=O) groups excluding carboxylic acids is 5. The second-order valence-electron chi connectivity index (χ2n) is 16.4. The van der Waals surface area contributed by atoms with Crippen LogP contribution in [0, 0.1) is 16.7 Å². The number of Topliss-reactive ketones (excluding diaryl/α,β-unsaturated/α-hetero) is 1. The zero-order valence-corrected chi connectivity index (χ0v) is 33.4. The summed E-state index contributed by atoms with van der Waals surface area (Å²) in [6.07, 6.45) is -11.7. The van der Waals surface area contributed by atoms with Gasteiger partial charge in [0, 0.05) is 25.2 Å². The topological polar surface area (TPSA) is 170 Å². The molecule has 1 N–H and O–H groups in total. The van der Waals surface area contributed by atoms with E-state index >= 15 is 9.18 Å². The Kier molecular flexibility index (Phi) is 11.2. The van der Waals surface area contributed by atoms with Gasteiger partial charge in [-0.2, -0.15) is 0 Å². The first-order valence-corrected chi connectivity index (χ1v) is 19.5. The average Bonchev–Trinajstić information content (AvgIpc) is 3.21. The Morgan fingerprint density at radius 2 is 1.36 bits per heavy atom. The van der Waals surface area contributed by atoms with Gasteiger partial charge in [-0.1, -0.05) is 92.7 Å². The van der Waals surface area contributed by atoms with Gasteiger partial charge in [-0.05, 0) is 48.3 Å². The molecular weight excluding hydrogens is 767 g/mol. The third-order valence-electron chi connectivity index (χ3n) is 12.7. The second-order valence-corrected chi connectivity index (χ2v) is 16.4. The van der Waals surface area contributed by atoms with Crippen molar-refractivity contribution in [2.45, 2.75) is 102 Å². The molecule has 59 heavy (non-hydrogen) atoms. The Balaban J connectivity index is 1.40. The predicted octanol–water partition coefficient (Wildman–Crippen LogP) is 6.78. The Bertz CT molecular complexity index is 2120. The largest absolute Gasteiger partial charge is 0.509 e. The van der Waals surface area contributed by atoms with Gasteiger partial charge < -0.3 is 38.3 Å². The van der Waals surface area contributed by atoms with E-state index in [-0.39, 0.29) is 36.5 Å². The quantitative estimate of drug-likeness (QED) is 0.136. The average molecular weight is 815 g/mol. The highest BCUT2D eigenvalue weighted by Gasteiger charge is 2.78. The van der Waals surface area contributed by atoms with Gasteiger partial charge in [0.15, 0.2) is 17.5 Å². The molecular formula is C45H47FO13. The molecule has 3 aromatic carbocycles. The number of alkyl halides is 1. The fraction of sp³-hybridized carbons (Fsp3) is 0.444. The van der Waals surface area contributed by atoms with Gasteiger partial charge in [0.25, 0.3) is 0 Å². The molecule has 13 nitrogen and oxygen atoms in total. The molecule has 7 rings (SSSR count).